The number of esters is 1. The lowest BCUT2D eigenvalue weighted by molar-refractivity contribution is -0.143. The number of ether oxygens (including phenoxy) is 3. The molecule has 1 fully saturated rings. The number of hydrogen-bond donors (Lipinski definition) is 0. The quantitative estimate of drug-likeness (QED) is 0.380. The summed E-state index contributed by atoms with van der Waals surface area (Å²) in [6.07, 6.45) is 2.52. The van der Waals surface area contributed by atoms with Gasteiger partial charge in [0.25, 0.3) is 5.91 Å². The first-order valence-corrected chi connectivity index (χ1v) is 9.35. The predicted octanol–water partition coefficient (Wildman–Crippen LogP) is 3.25. The molecule has 2 rings (SSSR count). The van der Waals surface area contributed by atoms with Gasteiger partial charge in [0, 0.05) is 24.6 Å². The van der Waals surface area contributed by atoms with E-state index in [4.69, 9.17) is 26.4 Å². The van der Waals surface area contributed by atoms with Crippen LogP contribution in [0.5, 0.6) is 11.5 Å². The van der Waals surface area contributed by atoms with Crippen LogP contribution in [0.4, 0.5) is 0 Å². The van der Waals surface area contributed by atoms with Gasteiger partial charge in [-0.3, -0.25) is 14.5 Å². The van der Waals surface area contributed by atoms with Gasteiger partial charge in [-0.05, 0) is 31.6 Å². The molecule has 0 bridgehead atoms. The van der Waals surface area contributed by atoms with E-state index in [2.05, 4.69) is 0 Å². The zero-order valence-electron chi connectivity index (χ0n) is 14.9. The molecule has 1 saturated heterocycles. The molecule has 0 radical (unpaired) electrons. The van der Waals surface area contributed by atoms with Crippen LogP contribution in [0.2, 0.25) is 0 Å². The molecule has 6 nitrogen and oxygen atoms in total. The second-order valence-corrected chi connectivity index (χ2v) is 7.03. The fraction of sp³-hybridized carbons (Fsp3) is 0.389. The number of methoxy groups -OCH3 is 2. The summed E-state index contributed by atoms with van der Waals surface area (Å²) >= 11 is 6.54. The average molecular weight is 396 g/mol. The molecule has 0 N–H and O–H groups in total. The summed E-state index contributed by atoms with van der Waals surface area (Å²) in [6.45, 7) is 2.51. The minimum atomic E-state index is -0.267. The van der Waals surface area contributed by atoms with E-state index in [0.717, 1.165) is 5.56 Å². The number of rotatable bonds is 8. The third kappa shape index (κ3) is 4.98. The van der Waals surface area contributed by atoms with Crippen molar-refractivity contribution in [1.82, 2.24) is 4.90 Å². The van der Waals surface area contributed by atoms with E-state index in [1.807, 2.05) is 6.07 Å². The summed E-state index contributed by atoms with van der Waals surface area (Å²) < 4.78 is 15.9. The molecule has 0 saturated carbocycles. The first-order valence-electron chi connectivity index (χ1n) is 8.13. The van der Waals surface area contributed by atoms with Gasteiger partial charge in [-0.25, -0.2) is 0 Å². The van der Waals surface area contributed by atoms with E-state index >= 15 is 0 Å². The van der Waals surface area contributed by atoms with Crippen LogP contribution in [0, 0.1) is 0 Å². The summed E-state index contributed by atoms with van der Waals surface area (Å²) in [5, 5.41) is 0. The first kappa shape index (κ1) is 20.3. The van der Waals surface area contributed by atoms with Crippen molar-refractivity contribution in [2.24, 2.45) is 0 Å². The molecule has 1 aromatic rings. The zero-order valence-corrected chi connectivity index (χ0v) is 16.6. The van der Waals surface area contributed by atoms with E-state index in [0.29, 0.717) is 40.3 Å². The monoisotopic (exact) mass is 395 g/mol. The zero-order chi connectivity index (χ0) is 19.1. The maximum Gasteiger partial charge on any atom is 0.305 e. The lowest BCUT2D eigenvalue weighted by atomic mass is 10.1. The van der Waals surface area contributed by atoms with Crippen molar-refractivity contribution in [1.29, 1.82) is 0 Å². The number of carbonyl (C=O) groups excluding carboxylic acids is 2. The van der Waals surface area contributed by atoms with Gasteiger partial charge >= 0.3 is 5.97 Å². The third-order valence-corrected chi connectivity index (χ3v) is 5.05. The van der Waals surface area contributed by atoms with Gasteiger partial charge in [0.05, 0.1) is 25.7 Å². The highest BCUT2D eigenvalue weighted by atomic mass is 32.2. The second-order valence-electron chi connectivity index (χ2n) is 5.35. The fourth-order valence-corrected chi connectivity index (χ4v) is 3.69. The Balaban J connectivity index is 2.08. The predicted molar refractivity (Wildman–Crippen MR) is 105 cm³/mol. The van der Waals surface area contributed by atoms with Crippen molar-refractivity contribution >= 4 is 46.3 Å². The Kier molecular flexibility index (Phi) is 7.47. The number of nitrogens with zero attached hydrogens (tertiary/aromatic N) is 1. The van der Waals surface area contributed by atoms with Crippen LogP contribution < -0.4 is 9.47 Å². The molecule has 0 aromatic heterocycles. The molecular weight excluding hydrogens is 374 g/mol. The van der Waals surface area contributed by atoms with Gasteiger partial charge in [0.2, 0.25) is 0 Å². The van der Waals surface area contributed by atoms with Gasteiger partial charge in [-0.1, -0.05) is 24.0 Å². The standard InChI is InChI=1S/C18H21NO5S2/c1-4-24-16(20)6-5-9-19-17(21)15(26-18(19)25)10-12-7-8-13(22-2)11-14(12)23-3/h7-8,10-11H,4-6,9H2,1-3H3/b15-10-. The van der Waals surface area contributed by atoms with Crippen molar-refractivity contribution in [2.75, 3.05) is 27.4 Å². The van der Waals surface area contributed by atoms with E-state index < -0.39 is 0 Å². The Morgan fingerprint density at radius 1 is 1.31 bits per heavy atom. The third-order valence-electron chi connectivity index (χ3n) is 3.67. The van der Waals surface area contributed by atoms with Gasteiger partial charge in [0.1, 0.15) is 15.8 Å². The van der Waals surface area contributed by atoms with Crippen LogP contribution in [-0.4, -0.2) is 48.5 Å². The number of amides is 1. The van der Waals surface area contributed by atoms with Crippen LogP contribution in [0.1, 0.15) is 25.3 Å². The maximum absolute atomic E-state index is 12.6. The molecule has 1 aliphatic rings. The van der Waals surface area contributed by atoms with Crippen LogP contribution in [0.3, 0.4) is 0 Å². The highest BCUT2D eigenvalue weighted by molar-refractivity contribution is 8.26. The topological polar surface area (TPSA) is 65.1 Å². The minimum Gasteiger partial charge on any atom is -0.497 e. The molecule has 1 amide bonds. The smallest absolute Gasteiger partial charge is 0.305 e. The summed E-state index contributed by atoms with van der Waals surface area (Å²) in [7, 11) is 3.14. The number of thioether (sulfide) groups is 1. The molecule has 0 aliphatic carbocycles. The summed E-state index contributed by atoms with van der Waals surface area (Å²) in [6, 6.07) is 5.38. The van der Waals surface area contributed by atoms with E-state index in [9.17, 15) is 9.59 Å². The molecule has 0 unspecified atom stereocenters. The Morgan fingerprint density at radius 3 is 2.73 bits per heavy atom. The molecule has 1 aromatic carbocycles. The molecule has 26 heavy (non-hydrogen) atoms. The van der Waals surface area contributed by atoms with Crippen LogP contribution in [-0.2, 0) is 14.3 Å². The summed E-state index contributed by atoms with van der Waals surface area (Å²) in [5.41, 5.74) is 0.764. The number of carbonyl (C=O) groups is 2. The molecular formula is C18H21NO5S2. The Bertz CT molecular complexity index is 732. The Labute approximate surface area is 162 Å². The largest absolute Gasteiger partial charge is 0.497 e. The minimum absolute atomic E-state index is 0.165. The SMILES string of the molecule is CCOC(=O)CCCN1C(=O)/C(=C/c2ccc(OC)cc2OC)SC1=S. The lowest BCUT2D eigenvalue weighted by Crippen LogP contribution is -2.29. The van der Waals surface area contributed by atoms with Gasteiger partial charge < -0.3 is 14.2 Å². The molecule has 0 atom stereocenters. The Hall–Kier alpha value is -2.06. The van der Waals surface area contributed by atoms with Crippen LogP contribution in [0.15, 0.2) is 23.1 Å². The average Bonchev–Trinajstić information content (AvgIpc) is 2.89. The number of benzene rings is 1. The van der Waals surface area contributed by atoms with E-state index in [1.54, 1.807) is 39.4 Å². The Morgan fingerprint density at radius 2 is 2.08 bits per heavy atom. The van der Waals surface area contributed by atoms with Gasteiger partial charge in [-0.15, -0.1) is 0 Å². The molecule has 8 heteroatoms. The molecule has 140 valence electrons. The van der Waals surface area contributed by atoms with Crippen molar-refractivity contribution in [2.45, 2.75) is 19.8 Å². The lowest BCUT2D eigenvalue weighted by Gasteiger charge is -2.13. The summed E-state index contributed by atoms with van der Waals surface area (Å²) in [5.74, 6) is 0.848. The molecule has 1 aliphatic heterocycles. The second kappa shape index (κ2) is 9.59. The van der Waals surface area contributed by atoms with E-state index in [1.165, 1.54) is 16.7 Å². The van der Waals surface area contributed by atoms with Crippen molar-refractivity contribution in [3.63, 3.8) is 0 Å². The molecule has 1 heterocycles. The van der Waals surface area contributed by atoms with Gasteiger partial charge in [0.15, 0.2) is 0 Å². The molecule has 0 spiro atoms. The normalized spacial score (nSPS) is 15.5. The maximum atomic E-state index is 12.6. The highest BCUT2D eigenvalue weighted by Crippen LogP contribution is 2.35. The number of hydrogen-bond acceptors (Lipinski definition) is 7. The van der Waals surface area contributed by atoms with E-state index in [-0.39, 0.29) is 18.3 Å². The summed E-state index contributed by atoms with van der Waals surface area (Å²) in [4.78, 5) is 26.1. The van der Waals surface area contributed by atoms with Crippen molar-refractivity contribution < 1.29 is 23.8 Å². The van der Waals surface area contributed by atoms with Gasteiger partial charge in [-0.2, -0.15) is 0 Å². The van der Waals surface area contributed by atoms with Crippen molar-refractivity contribution in [3.8, 4) is 11.5 Å². The first-order chi connectivity index (χ1) is 12.5. The van der Waals surface area contributed by atoms with Crippen molar-refractivity contribution in [3.05, 3.63) is 28.7 Å². The number of thiocarbonyl (C=S) groups is 1. The van der Waals surface area contributed by atoms with Crippen LogP contribution in [0.25, 0.3) is 6.08 Å². The van der Waals surface area contributed by atoms with Crippen LogP contribution >= 0.6 is 24.0 Å². The highest BCUT2D eigenvalue weighted by Gasteiger charge is 2.31. The fourth-order valence-electron chi connectivity index (χ4n) is 2.39.